The summed E-state index contributed by atoms with van der Waals surface area (Å²) in [5, 5.41) is -0.457. The summed E-state index contributed by atoms with van der Waals surface area (Å²) in [6.07, 6.45) is 3.72. The van der Waals surface area contributed by atoms with E-state index in [0.717, 1.165) is 0 Å². The lowest BCUT2D eigenvalue weighted by Crippen LogP contribution is -2.41. The van der Waals surface area contributed by atoms with Gasteiger partial charge in [-0.1, -0.05) is 12.2 Å². The summed E-state index contributed by atoms with van der Waals surface area (Å²) in [7, 11) is 0. The van der Waals surface area contributed by atoms with Crippen molar-refractivity contribution in [1.82, 2.24) is 0 Å². The van der Waals surface area contributed by atoms with E-state index in [0.29, 0.717) is 6.42 Å². The van der Waals surface area contributed by atoms with Crippen LogP contribution in [0.5, 0.6) is 0 Å². The van der Waals surface area contributed by atoms with Crippen LogP contribution in [0, 0.1) is 5.92 Å². The minimum atomic E-state index is -1.36. The highest BCUT2D eigenvalue weighted by Crippen LogP contribution is 2.43. The van der Waals surface area contributed by atoms with Gasteiger partial charge in [-0.15, -0.1) is 23.2 Å². The average Bonchev–Trinajstić information content (AvgIpc) is 2.24. The summed E-state index contributed by atoms with van der Waals surface area (Å²) in [6, 6.07) is 0. The van der Waals surface area contributed by atoms with E-state index in [2.05, 4.69) is 4.74 Å². The Morgan fingerprint density at radius 2 is 2.23 bits per heavy atom. The smallest absolute Gasteiger partial charge is 0.339 e. The molecule has 2 rings (SSSR count). The molecule has 0 aromatic rings. The van der Waals surface area contributed by atoms with E-state index in [-0.39, 0.29) is 0 Å². The van der Waals surface area contributed by atoms with Gasteiger partial charge in [0.25, 0.3) is 0 Å². The third-order valence-electron chi connectivity index (χ3n) is 2.30. The summed E-state index contributed by atoms with van der Waals surface area (Å²) in [5.74, 6) is -2.08. The number of halogens is 2. The SMILES string of the molecule is O=C1OC(=O)C2(Cl)C=CCC(Cl)C12. The predicted octanol–water partition coefficient (Wildman–Crippen LogP) is 1.23. The van der Waals surface area contributed by atoms with Crippen molar-refractivity contribution in [3.8, 4) is 0 Å². The maximum Gasteiger partial charge on any atom is 0.339 e. The molecule has 0 bridgehead atoms. The van der Waals surface area contributed by atoms with Gasteiger partial charge < -0.3 is 4.74 Å². The molecule has 0 amide bonds. The minimum absolute atomic E-state index is 0.457. The zero-order valence-electron chi connectivity index (χ0n) is 6.50. The van der Waals surface area contributed by atoms with Gasteiger partial charge in [0.05, 0.1) is 5.38 Å². The Morgan fingerprint density at radius 1 is 1.54 bits per heavy atom. The Bertz CT molecular complexity index is 313. The van der Waals surface area contributed by atoms with E-state index in [9.17, 15) is 9.59 Å². The molecule has 0 saturated carbocycles. The van der Waals surface area contributed by atoms with Gasteiger partial charge in [0.15, 0.2) is 4.87 Å². The number of esters is 2. The van der Waals surface area contributed by atoms with Crippen LogP contribution in [0.15, 0.2) is 12.2 Å². The molecule has 1 aliphatic heterocycles. The number of cyclic esters (lactones) is 2. The first-order valence-corrected chi connectivity index (χ1v) is 4.64. The van der Waals surface area contributed by atoms with E-state index in [1.165, 1.54) is 6.08 Å². The molecule has 13 heavy (non-hydrogen) atoms. The molecule has 70 valence electrons. The lowest BCUT2D eigenvalue weighted by atomic mass is 9.85. The molecule has 0 aromatic carbocycles. The van der Waals surface area contributed by atoms with Crippen molar-refractivity contribution in [2.75, 3.05) is 0 Å². The van der Waals surface area contributed by atoms with Crippen LogP contribution in [0.4, 0.5) is 0 Å². The van der Waals surface area contributed by atoms with Crippen molar-refractivity contribution < 1.29 is 14.3 Å². The van der Waals surface area contributed by atoms with Crippen LogP contribution >= 0.6 is 23.2 Å². The van der Waals surface area contributed by atoms with Crippen LogP contribution in [-0.4, -0.2) is 22.2 Å². The first kappa shape index (κ1) is 9.03. The molecule has 0 aromatic heterocycles. The second-order valence-corrected chi connectivity index (χ2v) is 4.29. The fraction of sp³-hybridized carbons (Fsp3) is 0.500. The second-order valence-electron chi connectivity index (χ2n) is 3.11. The number of hydrogen-bond acceptors (Lipinski definition) is 3. The van der Waals surface area contributed by atoms with E-state index >= 15 is 0 Å². The number of ether oxygens (including phenoxy) is 1. The molecule has 3 nitrogen and oxygen atoms in total. The standard InChI is InChI=1S/C8H6Cl2O3/c9-4-2-1-3-8(10)5(4)6(11)13-7(8)12/h1,3-5H,2H2. The summed E-state index contributed by atoms with van der Waals surface area (Å²) < 4.78 is 4.44. The number of carbonyl (C=O) groups is 2. The molecule has 0 spiro atoms. The minimum Gasteiger partial charge on any atom is -0.391 e. The number of hydrogen-bond donors (Lipinski definition) is 0. The van der Waals surface area contributed by atoms with Gasteiger partial charge in [0.2, 0.25) is 0 Å². The van der Waals surface area contributed by atoms with Gasteiger partial charge >= 0.3 is 11.9 Å². The Morgan fingerprint density at radius 3 is 2.85 bits per heavy atom. The van der Waals surface area contributed by atoms with Gasteiger partial charge in [-0.05, 0) is 6.42 Å². The number of allylic oxidation sites excluding steroid dienone is 1. The van der Waals surface area contributed by atoms with E-state index in [1.807, 2.05) is 0 Å². The molecule has 1 saturated heterocycles. The molecular weight excluding hydrogens is 215 g/mol. The predicted molar refractivity (Wildman–Crippen MR) is 46.6 cm³/mol. The Balaban J connectivity index is 2.47. The molecule has 1 fully saturated rings. The summed E-state index contributed by atoms with van der Waals surface area (Å²) in [5.41, 5.74) is 0. The molecule has 1 heterocycles. The van der Waals surface area contributed by atoms with Crippen molar-refractivity contribution in [2.45, 2.75) is 16.7 Å². The Kier molecular flexibility index (Phi) is 1.89. The summed E-state index contributed by atoms with van der Waals surface area (Å²) in [6.45, 7) is 0. The number of alkyl halides is 2. The highest BCUT2D eigenvalue weighted by molar-refractivity contribution is 6.41. The van der Waals surface area contributed by atoms with Gasteiger partial charge in [-0.3, -0.25) is 4.79 Å². The van der Waals surface area contributed by atoms with Gasteiger partial charge in [0, 0.05) is 0 Å². The zero-order valence-corrected chi connectivity index (χ0v) is 8.01. The fourth-order valence-corrected chi connectivity index (χ4v) is 2.46. The molecule has 5 heteroatoms. The van der Waals surface area contributed by atoms with E-state index in [1.54, 1.807) is 6.08 Å². The monoisotopic (exact) mass is 220 g/mol. The van der Waals surface area contributed by atoms with Crippen LogP contribution in [0.25, 0.3) is 0 Å². The summed E-state index contributed by atoms with van der Waals surface area (Å²) >= 11 is 11.8. The third kappa shape index (κ3) is 1.11. The normalized spacial score (nSPS) is 43.2. The van der Waals surface area contributed by atoms with Crippen molar-refractivity contribution in [3.63, 3.8) is 0 Å². The zero-order chi connectivity index (χ0) is 9.64. The molecule has 3 unspecified atom stereocenters. The highest BCUT2D eigenvalue weighted by atomic mass is 35.5. The highest BCUT2D eigenvalue weighted by Gasteiger charge is 2.59. The van der Waals surface area contributed by atoms with Crippen LogP contribution in [-0.2, 0) is 14.3 Å². The van der Waals surface area contributed by atoms with Gasteiger partial charge in [-0.2, -0.15) is 0 Å². The first-order chi connectivity index (χ1) is 6.05. The quantitative estimate of drug-likeness (QED) is 0.267. The second kappa shape index (κ2) is 2.72. The Hall–Kier alpha value is -0.540. The molecule has 1 aliphatic carbocycles. The topological polar surface area (TPSA) is 43.4 Å². The van der Waals surface area contributed by atoms with Crippen LogP contribution in [0.1, 0.15) is 6.42 Å². The van der Waals surface area contributed by atoms with Crippen LogP contribution in [0.3, 0.4) is 0 Å². The van der Waals surface area contributed by atoms with Crippen molar-refractivity contribution >= 4 is 35.1 Å². The lowest BCUT2D eigenvalue weighted by molar-refractivity contribution is -0.153. The fourth-order valence-electron chi connectivity index (χ4n) is 1.62. The first-order valence-electron chi connectivity index (χ1n) is 3.82. The van der Waals surface area contributed by atoms with E-state index in [4.69, 9.17) is 23.2 Å². The molecule has 3 atom stereocenters. The number of fused-ring (bicyclic) bond motifs is 1. The van der Waals surface area contributed by atoms with Crippen molar-refractivity contribution in [2.24, 2.45) is 5.92 Å². The lowest BCUT2D eigenvalue weighted by Gasteiger charge is -2.26. The Labute approximate surface area is 84.6 Å². The van der Waals surface area contributed by atoms with Gasteiger partial charge in [0.1, 0.15) is 5.92 Å². The molecule has 0 N–H and O–H groups in total. The third-order valence-corrected chi connectivity index (χ3v) is 3.24. The van der Waals surface area contributed by atoms with Crippen molar-refractivity contribution in [3.05, 3.63) is 12.2 Å². The maximum absolute atomic E-state index is 11.2. The van der Waals surface area contributed by atoms with Gasteiger partial charge in [-0.25, -0.2) is 4.79 Å². The van der Waals surface area contributed by atoms with Crippen LogP contribution < -0.4 is 0 Å². The maximum atomic E-state index is 11.2. The van der Waals surface area contributed by atoms with E-state index < -0.39 is 28.1 Å². The average molecular weight is 221 g/mol. The van der Waals surface area contributed by atoms with Crippen molar-refractivity contribution in [1.29, 1.82) is 0 Å². The number of rotatable bonds is 0. The largest absolute Gasteiger partial charge is 0.391 e. The number of carbonyl (C=O) groups excluding carboxylic acids is 2. The molecular formula is C8H6Cl2O3. The van der Waals surface area contributed by atoms with Crippen LogP contribution in [0.2, 0.25) is 0 Å². The molecule has 2 aliphatic rings. The summed E-state index contributed by atoms with van der Waals surface area (Å²) in [4.78, 5) is 21.0. The molecule has 0 radical (unpaired) electrons.